The van der Waals surface area contributed by atoms with Crippen molar-refractivity contribution >= 4 is 11.9 Å². The van der Waals surface area contributed by atoms with E-state index >= 15 is 0 Å². The summed E-state index contributed by atoms with van der Waals surface area (Å²) in [6.45, 7) is 1.68. The number of nitrogens with zero attached hydrogens (tertiary/aromatic N) is 2. The first-order chi connectivity index (χ1) is 11.4. The Morgan fingerprint density at radius 2 is 1.92 bits per heavy atom. The molecule has 0 spiro atoms. The van der Waals surface area contributed by atoms with Crippen molar-refractivity contribution in [1.82, 2.24) is 15.1 Å². The predicted octanol–water partition coefficient (Wildman–Crippen LogP) is 1.35. The summed E-state index contributed by atoms with van der Waals surface area (Å²) < 4.78 is 14.0. The molecule has 0 saturated carbocycles. The van der Waals surface area contributed by atoms with Gasteiger partial charge in [-0.05, 0) is 43.7 Å². The smallest absolute Gasteiger partial charge is 0.303 e. The van der Waals surface area contributed by atoms with Crippen molar-refractivity contribution in [3.05, 3.63) is 58.3 Å². The van der Waals surface area contributed by atoms with E-state index in [0.29, 0.717) is 5.69 Å². The van der Waals surface area contributed by atoms with Crippen molar-refractivity contribution < 1.29 is 19.1 Å². The van der Waals surface area contributed by atoms with Crippen LogP contribution in [0.2, 0.25) is 0 Å². The number of carbonyl (C=O) groups is 2. The number of hydrogen-bond acceptors (Lipinski definition) is 4. The summed E-state index contributed by atoms with van der Waals surface area (Å²) in [7, 11) is 0. The van der Waals surface area contributed by atoms with Crippen LogP contribution in [0.5, 0.6) is 0 Å². The number of benzene rings is 1. The minimum absolute atomic E-state index is 0.00102. The number of carbonyl (C=O) groups excluding carboxylic acids is 1. The highest BCUT2D eigenvalue weighted by atomic mass is 19.1. The Balaban J connectivity index is 2.18. The first kappa shape index (κ1) is 17.3. The maximum absolute atomic E-state index is 13.0. The van der Waals surface area contributed by atoms with E-state index in [1.54, 1.807) is 6.92 Å². The summed E-state index contributed by atoms with van der Waals surface area (Å²) in [6.07, 6.45) is 0.211. The van der Waals surface area contributed by atoms with Crippen LogP contribution in [0.3, 0.4) is 0 Å². The average Bonchev–Trinajstić information content (AvgIpc) is 2.54. The highest BCUT2D eigenvalue weighted by Gasteiger charge is 2.14. The fourth-order valence-corrected chi connectivity index (χ4v) is 2.01. The number of nitrogens with one attached hydrogen (secondary N) is 1. The molecule has 0 saturated heterocycles. The van der Waals surface area contributed by atoms with Gasteiger partial charge in [-0.15, -0.1) is 0 Å². The lowest BCUT2D eigenvalue weighted by atomic mass is 10.2. The SMILES string of the molecule is CC(CCC(=O)O)NC(=O)c1ccc(=O)n(-c2ccc(F)cc2)n1. The van der Waals surface area contributed by atoms with Crippen molar-refractivity contribution in [2.75, 3.05) is 0 Å². The number of aliphatic carboxylic acids is 1. The quantitative estimate of drug-likeness (QED) is 0.831. The third-order valence-corrected chi connectivity index (χ3v) is 3.27. The van der Waals surface area contributed by atoms with Crippen molar-refractivity contribution in [2.45, 2.75) is 25.8 Å². The van der Waals surface area contributed by atoms with Crippen LogP contribution in [-0.4, -0.2) is 32.8 Å². The highest BCUT2D eigenvalue weighted by molar-refractivity contribution is 5.92. The largest absolute Gasteiger partial charge is 0.481 e. The van der Waals surface area contributed by atoms with Gasteiger partial charge in [-0.25, -0.2) is 4.39 Å². The molecule has 0 aliphatic heterocycles. The molecule has 0 aliphatic rings. The Kier molecular flexibility index (Phi) is 5.41. The standard InChI is InChI=1S/C16H16FN3O4/c1-10(2-9-15(22)23)18-16(24)13-7-8-14(21)20(19-13)12-5-3-11(17)4-6-12/h3-8,10H,2,9H2,1H3,(H,18,24)(H,22,23). The average molecular weight is 333 g/mol. The fraction of sp³-hybridized carbons (Fsp3) is 0.250. The number of hydrogen-bond donors (Lipinski definition) is 2. The van der Waals surface area contributed by atoms with Gasteiger partial charge in [-0.1, -0.05) is 0 Å². The Hall–Kier alpha value is -3.03. The van der Waals surface area contributed by atoms with Crippen molar-refractivity contribution in [3.8, 4) is 5.69 Å². The zero-order chi connectivity index (χ0) is 17.7. The third-order valence-electron chi connectivity index (χ3n) is 3.27. The van der Waals surface area contributed by atoms with Gasteiger partial charge < -0.3 is 10.4 Å². The Morgan fingerprint density at radius 3 is 2.54 bits per heavy atom. The van der Waals surface area contributed by atoms with Gasteiger partial charge in [0.1, 0.15) is 11.5 Å². The van der Waals surface area contributed by atoms with Crippen LogP contribution in [-0.2, 0) is 4.79 Å². The Bertz CT molecular complexity index is 802. The third kappa shape index (κ3) is 4.48. The summed E-state index contributed by atoms with van der Waals surface area (Å²) in [6, 6.07) is 7.23. The van der Waals surface area contributed by atoms with E-state index < -0.39 is 23.3 Å². The molecule has 8 heteroatoms. The van der Waals surface area contributed by atoms with Gasteiger partial charge >= 0.3 is 5.97 Å². The summed E-state index contributed by atoms with van der Waals surface area (Å²) in [5.74, 6) is -1.92. The second kappa shape index (κ2) is 7.49. The lowest BCUT2D eigenvalue weighted by Crippen LogP contribution is -2.35. The van der Waals surface area contributed by atoms with E-state index in [4.69, 9.17) is 5.11 Å². The fourth-order valence-electron chi connectivity index (χ4n) is 2.01. The zero-order valence-electron chi connectivity index (χ0n) is 12.9. The molecule has 126 valence electrons. The zero-order valence-corrected chi connectivity index (χ0v) is 12.9. The van der Waals surface area contributed by atoms with Gasteiger partial charge in [-0.3, -0.25) is 14.4 Å². The highest BCUT2D eigenvalue weighted by Crippen LogP contribution is 2.06. The molecule has 0 radical (unpaired) electrons. The molecule has 0 fully saturated rings. The van der Waals surface area contributed by atoms with E-state index in [9.17, 15) is 18.8 Å². The monoisotopic (exact) mass is 333 g/mol. The minimum Gasteiger partial charge on any atom is -0.481 e. The van der Waals surface area contributed by atoms with Gasteiger partial charge in [0, 0.05) is 18.5 Å². The van der Waals surface area contributed by atoms with Crippen LogP contribution in [0.25, 0.3) is 5.69 Å². The molecule has 2 N–H and O–H groups in total. The molecule has 1 heterocycles. The van der Waals surface area contributed by atoms with Gasteiger partial charge in [0.15, 0.2) is 0 Å². The molecular formula is C16H16FN3O4. The number of aromatic nitrogens is 2. The molecule has 7 nitrogen and oxygen atoms in total. The van der Waals surface area contributed by atoms with Crippen LogP contribution in [0.4, 0.5) is 4.39 Å². The molecule has 1 aromatic heterocycles. The van der Waals surface area contributed by atoms with Gasteiger partial charge in [0.2, 0.25) is 0 Å². The van der Waals surface area contributed by atoms with Crippen LogP contribution in [0.15, 0.2) is 41.2 Å². The molecule has 0 aliphatic carbocycles. The van der Waals surface area contributed by atoms with E-state index in [-0.39, 0.29) is 24.6 Å². The van der Waals surface area contributed by atoms with Gasteiger partial charge in [0.25, 0.3) is 11.5 Å². The Labute approximate surface area is 136 Å². The normalized spacial score (nSPS) is 11.8. The maximum Gasteiger partial charge on any atom is 0.303 e. The number of carboxylic acid groups (broad SMARTS) is 1. The molecule has 1 amide bonds. The summed E-state index contributed by atoms with van der Waals surface area (Å²) >= 11 is 0. The molecular weight excluding hydrogens is 317 g/mol. The van der Waals surface area contributed by atoms with E-state index in [1.807, 2.05) is 0 Å². The first-order valence-corrected chi connectivity index (χ1v) is 7.26. The van der Waals surface area contributed by atoms with Crippen molar-refractivity contribution in [1.29, 1.82) is 0 Å². The first-order valence-electron chi connectivity index (χ1n) is 7.26. The lowest BCUT2D eigenvalue weighted by Gasteiger charge is -2.13. The van der Waals surface area contributed by atoms with Crippen molar-refractivity contribution in [3.63, 3.8) is 0 Å². The predicted molar refractivity (Wildman–Crippen MR) is 83.6 cm³/mol. The summed E-state index contributed by atoms with van der Waals surface area (Å²) in [5, 5.41) is 15.2. The Morgan fingerprint density at radius 1 is 1.25 bits per heavy atom. The number of amides is 1. The number of rotatable bonds is 6. The minimum atomic E-state index is -0.945. The van der Waals surface area contributed by atoms with Gasteiger partial charge in [0.05, 0.1) is 5.69 Å². The van der Waals surface area contributed by atoms with Crippen LogP contribution < -0.4 is 10.9 Å². The topological polar surface area (TPSA) is 101 Å². The molecule has 2 aromatic rings. The van der Waals surface area contributed by atoms with E-state index in [2.05, 4.69) is 10.4 Å². The molecule has 1 aromatic carbocycles. The second-order valence-corrected chi connectivity index (χ2v) is 5.25. The van der Waals surface area contributed by atoms with Crippen LogP contribution in [0, 0.1) is 5.82 Å². The summed E-state index contributed by atoms with van der Waals surface area (Å²) in [4.78, 5) is 34.6. The van der Waals surface area contributed by atoms with Crippen LogP contribution in [0.1, 0.15) is 30.3 Å². The molecule has 2 rings (SSSR count). The number of halogens is 1. The number of carboxylic acids is 1. The molecule has 0 bridgehead atoms. The van der Waals surface area contributed by atoms with Crippen molar-refractivity contribution in [2.24, 2.45) is 0 Å². The molecule has 24 heavy (non-hydrogen) atoms. The van der Waals surface area contributed by atoms with E-state index in [0.717, 1.165) is 4.68 Å². The lowest BCUT2D eigenvalue weighted by molar-refractivity contribution is -0.137. The molecule has 1 unspecified atom stereocenters. The summed E-state index contributed by atoms with van der Waals surface area (Å²) in [5.41, 5.74) is -0.131. The maximum atomic E-state index is 13.0. The van der Waals surface area contributed by atoms with Crippen LogP contribution >= 0.6 is 0 Å². The molecule has 1 atom stereocenters. The second-order valence-electron chi connectivity index (χ2n) is 5.25. The van der Waals surface area contributed by atoms with Gasteiger partial charge in [-0.2, -0.15) is 9.78 Å². The van der Waals surface area contributed by atoms with E-state index in [1.165, 1.54) is 36.4 Å².